The summed E-state index contributed by atoms with van der Waals surface area (Å²) in [6.45, 7) is 8.18. The number of rotatable bonds is 23. The largest absolute Gasteiger partial charge is 0.382 e. The molecule has 0 heterocycles. The molecule has 0 saturated heterocycles. The summed E-state index contributed by atoms with van der Waals surface area (Å²) in [5.41, 5.74) is 0. The highest BCUT2D eigenvalue weighted by Gasteiger charge is 2.07. The van der Waals surface area contributed by atoms with Crippen molar-refractivity contribution in [1.82, 2.24) is 0 Å². The predicted octanol–water partition coefficient (Wildman–Crippen LogP) is 1.39. The molecule has 27 heavy (non-hydrogen) atoms. The molecule has 0 aromatic carbocycles. The third-order valence-electron chi connectivity index (χ3n) is 3.28. The van der Waals surface area contributed by atoms with E-state index in [4.69, 9.17) is 37.9 Å². The standard InChI is InChI=1S/C18H37BrO8/c1-20-3-5-22-7-9-24-11-13-26-16-18(15-19)17-27-14-12-25-10-8-23-6-4-21-2/h18H,3-17H2,1-2H3. The molecule has 0 unspecified atom stereocenters. The lowest BCUT2D eigenvalue weighted by Gasteiger charge is -2.15. The second kappa shape index (κ2) is 24.2. The molecule has 0 N–H and O–H groups in total. The molecular weight excluding hydrogens is 424 g/mol. The van der Waals surface area contributed by atoms with E-state index in [1.165, 1.54) is 0 Å². The van der Waals surface area contributed by atoms with Crippen LogP contribution in [-0.2, 0) is 37.9 Å². The van der Waals surface area contributed by atoms with Gasteiger partial charge in [-0.2, -0.15) is 0 Å². The maximum absolute atomic E-state index is 5.62. The van der Waals surface area contributed by atoms with Crippen LogP contribution in [0, 0.1) is 5.92 Å². The highest BCUT2D eigenvalue weighted by molar-refractivity contribution is 9.09. The third kappa shape index (κ3) is 22.3. The van der Waals surface area contributed by atoms with Gasteiger partial charge in [-0.25, -0.2) is 0 Å². The quantitative estimate of drug-likeness (QED) is 0.167. The van der Waals surface area contributed by atoms with E-state index in [9.17, 15) is 0 Å². The molecule has 0 saturated carbocycles. The third-order valence-corrected chi connectivity index (χ3v) is 4.19. The first-order valence-electron chi connectivity index (χ1n) is 9.35. The zero-order chi connectivity index (χ0) is 19.8. The summed E-state index contributed by atoms with van der Waals surface area (Å²) in [4.78, 5) is 0. The summed E-state index contributed by atoms with van der Waals surface area (Å²) < 4.78 is 42.5. The Hall–Kier alpha value is 0.160. The van der Waals surface area contributed by atoms with Crippen LogP contribution in [-0.4, -0.2) is 112 Å². The first-order valence-corrected chi connectivity index (χ1v) is 10.5. The van der Waals surface area contributed by atoms with Gasteiger partial charge >= 0.3 is 0 Å². The van der Waals surface area contributed by atoms with E-state index in [-0.39, 0.29) is 0 Å². The van der Waals surface area contributed by atoms with E-state index in [0.29, 0.717) is 98.4 Å². The van der Waals surface area contributed by atoms with Gasteiger partial charge in [0.2, 0.25) is 0 Å². The highest BCUT2D eigenvalue weighted by Crippen LogP contribution is 2.03. The van der Waals surface area contributed by atoms with Crippen molar-refractivity contribution in [2.45, 2.75) is 0 Å². The number of hydrogen-bond acceptors (Lipinski definition) is 8. The summed E-state index contributed by atoms with van der Waals surface area (Å²) >= 11 is 3.49. The average molecular weight is 461 g/mol. The molecule has 0 amide bonds. The van der Waals surface area contributed by atoms with Gasteiger partial charge in [0, 0.05) is 25.5 Å². The lowest BCUT2D eigenvalue weighted by Crippen LogP contribution is -2.21. The zero-order valence-corrected chi connectivity index (χ0v) is 18.4. The van der Waals surface area contributed by atoms with Crippen LogP contribution in [0.5, 0.6) is 0 Å². The highest BCUT2D eigenvalue weighted by atomic mass is 79.9. The normalized spacial score (nSPS) is 11.6. The lowest BCUT2D eigenvalue weighted by atomic mass is 10.2. The first-order chi connectivity index (χ1) is 13.3. The van der Waals surface area contributed by atoms with E-state index in [0.717, 1.165) is 5.33 Å². The zero-order valence-electron chi connectivity index (χ0n) is 16.8. The fourth-order valence-electron chi connectivity index (χ4n) is 1.80. The lowest BCUT2D eigenvalue weighted by molar-refractivity contribution is -0.0178. The number of hydrogen-bond donors (Lipinski definition) is 0. The van der Waals surface area contributed by atoms with Crippen molar-refractivity contribution in [2.75, 3.05) is 112 Å². The molecule has 0 aromatic heterocycles. The molecule has 0 rings (SSSR count). The number of ether oxygens (including phenoxy) is 8. The minimum atomic E-state index is 0.305. The fourth-order valence-corrected chi connectivity index (χ4v) is 2.18. The number of alkyl halides is 1. The van der Waals surface area contributed by atoms with Gasteiger partial charge in [-0.15, -0.1) is 0 Å². The van der Waals surface area contributed by atoms with Crippen molar-refractivity contribution >= 4 is 15.9 Å². The van der Waals surface area contributed by atoms with Gasteiger partial charge in [-0.1, -0.05) is 15.9 Å². The topological polar surface area (TPSA) is 73.8 Å². The van der Waals surface area contributed by atoms with Crippen molar-refractivity contribution in [3.63, 3.8) is 0 Å². The van der Waals surface area contributed by atoms with E-state index in [1.54, 1.807) is 14.2 Å². The Kier molecular flexibility index (Phi) is 24.3. The molecular formula is C18H37BrO8. The first kappa shape index (κ1) is 27.2. The van der Waals surface area contributed by atoms with Gasteiger partial charge in [0.15, 0.2) is 0 Å². The molecule has 0 fully saturated rings. The Morgan fingerprint density at radius 3 is 1.07 bits per heavy atom. The van der Waals surface area contributed by atoms with E-state index >= 15 is 0 Å². The summed E-state index contributed by atoms with van der Waals surface area (Å²) in [5, 5.41) is 0.829. The second-order valence-corrected chi connectivity index (χ2v) is 6.25. The molecule has 0 spiro atoms. The Bertz CT molecular complexity index is 250. The van der Waals surface area contributed by atoms with Crippen molar-refractivity contribution in [1.29, 1.82) is 0 Å². The van der Waals surface area contributed by atoms with E-state index < -0.39 is 0 Å². The summed E-state index contributed by atoms with van der Waals surface area (Å²) in [5.74, 6) is 0.305. The van der Waals surface area contributed by atoms with Crippen LogP contribution in [0.1, 0.15) is 0 Å². The van der Waals surface area contributed by atoms with Crippen molar-refractivity contribution in [3.05, 3.63) is 0 Å². The maximum atomic E-state index is 5.62. The molecule has 8 nitrogen and oxygen atoms in total. The van der Waals surface area contributed by atoms with Crippen LogP contribution >= 0.6 is 15.9 Å². The van der Waals surface area contributed by atoms with Crippen LogP contribution in [0.25, 0.3) is 0 Å². The number of methoxy groups -OCH3 is 2. The van der Waals surface area contributed by atoms with Crippen LogP contribution in [0.4, 0.5) is 0 Å². The average Bonchev–Trinajstić information content (AvgIpc) is 2.69. The minimum absolute atomic E-state index is 0.305. The summed E-state index contributed by atoms with van der Waals surface area (Å²) in [6.07, 6.45) is 0. The minimum Gasteiger partial charge on any atom is -0.382 e. The maximum Gasteiger partial charge on any atom is 0.0701 e. The Morgan fingerprint density at radius 1 is 0.481 bits per heavy atom. The van der Waals surface area contributed by atoms with E-state index in [2.05, 4.69) is 15.9 Å². The van der Waals surface area contributed by atoms with Gasteiger partial charge in [-0.05, 0) is 0 Å². The Labute approximate surface area is 172 Å². The van der Waals surface area contributed by atoms with Crippen LogP contribution < -0.4 is 0 Å². The summed E-state index contributed by atoms with van der Waals surface area (Å²) in [7, 11) is 3.30. The Balaban J connectivity index is 3.28. The van der Waals surface area contributed by atoms with Gasteiger partial charge in [0.25, 0.3) is 0 Å². The summed E-state index contributed by atoms with van der Waals surface area (Å²) in [6, 6.07) is 0. The van der Waals surface area contributed by atoms with Gasteiger partial charge in [-0.3, -0.25) is 0 Å². The van der Waals surface area contributed by atoms with Crippen LogP contribution in [0.2, 0.25) is 0 Å². The van der Waals surface area contributed by atoms with Gasteiger partial charge in [0.1, 0.15) is 0 Å². The monoisotopic (exact) mass is 460 g/mol. The molecule has 164 valence electrons. The molecule has 0 aliphatic rings. The van der Waals surface area contributed by atoms with E-state index in [1.807, 2.05) is 0 Å². The Morgan fingerprint density at radius 2 is 0.778 bits per heavy atom. The second-order valence-electron chi connectivity index (χ2n) is 5.61. The number of halogens is 1. The van der Waals surface area contributed by atoms with Crippen LogP contribution in [0.15, 0.2) is 0 Å². The SMILES string of the molecule is COCCOCCOCCOCC(CBr)COCCOCCOCCOC. The molecule has 0 radical (unpaired) electrons. The van der Waals surface area contributed by atoms with Crippen molar-refractivity contribution in [3.8, 4) is 0 Å². The smallest absolute Gasteiger partial charge is 0.0701 e. The molecule has 0 aromatic rings. The van der Waals surface area contributed by atoms with Crippen molar-refractivity contribution in [2.24, 2.45) is 5.92 Å². The van der Waals surface area contributed by atoms with Crippen LogP contribution in [0.3, 0.4) is 0 Å². The molecule has 9 heteroatoms. The molecule has 0 aliphatic carbocycles. The molecule has 0 aliphatic heterocycles. The van der Waals surface area contributed by atoms with Gasteiger partial charge in [0.05, 0.1) is 92.5 Å². The molecule has 0 bridgehead atoms. The predicted molar refractivity (Wildman–Crippen MR) is 106 cm³/mol. The molecule has 0 atom stereocenters. The van der Waals surface area contributed by atoms with Gasteiger partial charge < -0.3 is 37.9 Å². The fraction of sp³-hybridized carbons (Fsp3) is 1.00. The van der Waals surface area contributed by atoms with Crippen molar-refractivity contribution < 1.29 is 37.9 Å².